The van der Waals surface area contributed by atoms with E-state index in [1.54, 1.807) is 0 Å². The Morgan fingerprint density at radius 2 is 1.60 bits per heavy atom. The van der Waals surface area contributed by atoms with E-state index in [4.69, 9.17) is 0 Å². The SMILES string of the molecule is CC(C)=CCCC(C)=CCCC(C)=CCc1nnns1. The zero-order valence-electron chi connectivity index (χ0n) is 13.0. The first kappa shape index (κ1) is 16.8. The Balaban J connectivity index is 2.24. The number of hydrogen-bond acceptors (Lipinski definition) is 4. The van der Waals surface area contributed by atoms with Crippen molar-refractivity contribution in [2.24, 2.45) is 0 Å². The second-order valence-corrected chi connectivity index (χ2v) is 6.24. The summed E-state index contributed by atoms with van der Waals surface area (Å²) in [6.07, 6.45) is 12.3. The quantitative estimate of drug-likeness (QED) is 0.640. The molecule has 0 radical (unpaired) electrons. The third-order valence-electron chi connectivity index (χ3n) is 3.09. The summed E-state index contributed by atoms with van der Waals surface area (Å²) in [6, 6.07) is 0. The topological polar surface area (TPSA) is 38.7 Å². The smallest absolute Gasteiger partial charge is 0.121 e. The monoisotopic (exact) mass is 291 g/mol. The van der Waals surface area contributed by atoms with Gasteiger partial charge in [-0.05, 0) is 58.6 Å². The summed E-state index contributed by atoms with van der Waals surface area (Å²) in [5, 5.41) is 8.53. The van der Waals surface area contributed by atoms with Crippen molar-refractivity contribution in [3.8, 4) is 0 Å². The molecule has 0 spiro atoms. The van der Waals surface area contributed by atoms with Crippen molar-refractivity contribution in [1.82, 2.24) is 14.8 Å². The standard InChI is InChI=1S/C16H25N3S/c1-13(2)7-5-8-14(3)9-6-10-15(4)11-12-16-17-18-19-20-16/h7,9,11H,5-6,8,10,12H2,1-4H3. The highest BCUT2D eigenvalue weighted by Crippen LogP contribution is 2.12. The Bertz CT molecular complexity index is 466. The van der Waals surface area contributed by atoms with Gasteiger partial charge in [0.05, 0.1) is 0 Å². The molecular formula is C16H25N3S. The Morgan fingerprint density at radius 1 is 0.950 bits per heavy atom. The molecule has 1 rings (SSSR count). The van der Waals surface area contributed by atoms with Crippen LogP contribution in [-0.4, -0.2) is 14.8 Å². The largest absolute Gasteiger partial charge is 0.141 e. The summed E-state index contributed by atoms with van der Waals surface area (Å²) >= 11 is 1.37. The molecule has 0 aliphatic carbocycles. The highest BCUT2D eigenvalue weighted by atomic mass is 32.1. The van der Waals surface area contributed by atoms with Gasteiger partial charge in [0.25, 0.3) is 0 Å². The molecule has 0 atom stereocenters. The lowest BCUT2D eigenvalue weighted by Gasteiger charge is -2.01. The number of rotatable bonds is 8. The van der Waals surface area contributed by atoms with E-state index in [1.165, 1.54) is 34.7 Å². The molecule has 0 saturated carbocycles. The Kier molecular flexibility index (Phi) is 8.04. The lowest BCUT2D eigenvalue weighted by molar-refractivity contribution is 0.904. The fourth-order valence-electron chi connectivity index (χ4n) is 1.83. The van der Waals surface area contributed by atoms with E-state index in [2.05, 4.69) is 60.7 Å². The van der Waals surface area contributed by atoms with Crippen molar-refractivity contribution in [3.63, 3.8) is 0 Å². The third-order valence-corrected chi connectivity index (χ3v) is 3.70. The maximum atomic E-state index is 3.94. The van der Waals surface area contributed by atoms with Crippen LogP contribution >= 0.6 is 11.5 Å². The van der Waals surface area contributed by atoms with Gasteiger partial charge in [0, 0.05) is 18.0 Å². The first-order chi connectivity index (χ1) is 9.58. The molecule has 20 heavy (non-hydrogen) atoms. The van der Waals surface area contributed by atoms with E-state index in [1.807, 2.05) is 0 Å². The van der Waals surface area contributed by atoms with Crippen LogP contribution < -0.4 is 0 Å². The third kappa shape index (κ3) is 8.00. The van der Waals surface area contributed by atoms with Crippen molar-refractivity contribution in [2.75, 3.05) is 0 Å². The van der Waals surface area contributed by atoms with E-state index in [0.717, 1.165) is 30.7 Å². The molecule has 0 amide bonds. The zero-order chi connectivity index (χ0) is 14.8. The number of nitrogens with zero attached hydrogens (tertiary/aromatic N) is 3. The van der Waals surface area contributed by atoms with E-state index >= 15 is 0 Å². The molecular weight excluding hydrogens is 266 g/mol. The molecule has 0 aliphatic rings. The van der Waals surface area contributed by atoms with Crippen molar-refractivity contribution in [1.29, 1.82) is 0 Å². The van der Waals surface area contributed by atoms with Gasteiger partial charge < -0.3 is 0 Å². The first-order valence-corrected chi connectivity index (χ1v) is 7.94. The van der Waals surface area contributed by atoms with Gasteiger partial charge in [-0.1, -0.05) is 39.4 Å². The molecule has 0 unspecified atom stereocenters. The van der Waals surface area contributed by atoms with Gasteiger partial charge in [-0.15, -0.1) is 5.10 Å². The van der Waals surface area contributed by atoms with Gasteiger partial charge in [-0.25, -0.2) is 0 Å². The van der Waals surface area contributed by atoms with Crippen LogP contribution in [0.2, 0.25) is 0 Å². The average molecular weight is 291 g/mol. The predicted molar refractivity (Wildman–Crippen MR) is 86.8 cm³/mol. The van der Waals surface area contributed by atoms with Crippen LogP contribution in [-0.2, 0) is 6.42 Å². The van der Waals surface area contributed by atoms with Crippen molar-refractivity contribution >= 4 is 11.5 Å². The van der Waals surface area contributed by atoms with Crippen LogP contribution in [0.15, 0.2) is 34.9 Å². The summed E-state index contributed by atoms with van der Waals surface area (Å²) in [5.41, 5.74) is 4.31. The van der Waals surface area contributed by atoms with E-state index < -0.39 is 0 Å². The maximum absolute atomic E-state index is 3.94. The van der Waals surface area contributed by atoms with Crippen LogP contribution in [0.1, 0.15) is 58.4 Å². The van der Waals surface area contributed by atoms with Gasteiger partial charge in [-0.2, -0.15) is 0 Å². The van der Waals surface area contributed by atoms with Gasteiger partial charge in [0.1, 0.15) is 5.01 Å². The van der Waals surface area contributed by atoms with Crippen molar-refractivity contribution < 1.29 is 0 Å². The highest BCUT2D eigenvalue weighted by Gasteiger charge is 1.96. The van der Waals surface area contributed by atoms with Crippen molar-refractivity contribution in [3.05, 3.63) is 40.0 Å². The number of hydrogen-bond donors (Lipinski definition) is 0. The van der Waals surface area contributed by atoms with Gasteiger partial charge in [-0.3, -0.25) is 0 Å². The highest BCUT2D eigenvalue weighted by molar-refractivity contribution is 7.05. The van der Waals surface area contributed by atoms with Crippen LogP contribution in [0.4, 0.5) is 0 Å². The first-order valence-electron chi connectivity index (χ1n) is 7.16. The summed E-state index contributed by atoms with van der Waals surface area (Å²) in [6.45, 7) is 8.72. The number of aromatic nitrogens is 3. The lowest BCUT2D eigenvalue weighted by atomic mass is 10.1. The molecule has 1 heterocycles. The van der Waals surface area contributed by atoms with E-state index in [-0.39, 0.29) is 0 Å². The minimum Gasteiger partial charge on any atom is -0.121 e. The van der Waals surface area contributed by atoms with Gasteiger partial charge >= 0.3 is 0 Å². The van der Waals surface area contributed by atoms with E-state index in [9.17, 15) is 0 Å². The molecule has 0 fully saturated rings. The minimum absolute atomic E-state index is 0.854. The van der Waals surface area contributed by atoms with Crippen LogP contribution in [0.5, 0.6) is 0 Å². The molecule has 0 aliphatic heterocycles. The molecule has 0 N–H and O–H groups in total. The molecule has 110 valence electrons. The summed E-state index contributed by atoms with van der Waals surface area (Å²) < 4.78 is 3.76. The zero-order valence-corrected chi connectivity index (χ0v) is 13.8. The minimum atomic E-state index is 0.854. The van der Waals surface area contributed by atoms with Crippen molar-refractivity contribution in [2.45, 2.75) is 59.8 Å². The second kappa shape index (κ2) is 9.59. The fourth-order valence-corrected chi connectivity index (χ4v) is 2.23. The molecule has 0 aromatic carbocycles. The lowest BCUT2D eigenvalue weighted by Crippen LogP contribution is -1.84. The second-order valence-electron chi connectivity index (χ2n) is 5.42. The summed E-state index contributed by atoms with van der Waals surface area (Å²) in [5.74, 6) is 0. The average Bonchev–Trinajstić information content (AvgIpc) is 2.89. The Morgan fingerprint density at radius 3 is 2.20 bits per heavy atom. The molecule has 4 heteroatoms. The van der Waals surface area contributed by atoms with Gasteiger partial charge in [0.2, 0.25) is 0 Å². The van der Waals surface area contributed by atoms with Crippen LogP contribution in [0, 0.1) is 0 Å². The Hall–Kier alpha value is -1.29. The molecule has 0 saturated heterocycles. The maximum Gasteiger partial charge on any atom is 0.141 e. The molecule has 1 aromatic heterocycles. The van der Waals surface area contributed by atoms with Crippen LogP contribution in [0.25, 0.3) is 0 Å². The van der Waals surface area contributed by atoms with Crippen LogP contribution in [0.3, 0.4) is 0 Å². The summed E-state index contributed by atoms with van der Waals surface area (Å²) in [7, 11) is 0. The molecule has 1 aromatic rings. The van der Waals surface area contributed by atoms with Gasteiger partial charge in [0.15, 0.2) is 0 Å². The normalized spacial score (nSPS) is 12.6. The Labute approximate surface area is 126 Å². The number of allylic oxidation sites excluding steroid dienone is 6. The fraction of sp³-hybridized carbons (Fsp3) is 0.562. The molecule has 0 bridgehead atoms. The van der Waals surface area contributed by atoms with E-state index in [0.29, 0.717) is 0 Å². The summed E-state index contributed by atoms with van der Waals surface area (Å²) in [4.78, 5) is 0. The predicted octanol–water partition coefficient (Wildman–Crippen LogP) is 4.89. The molecule has 3 nitrogen and oxygen atoms in total.